The van der Waals surface area contributed by atoms with E-state index in [4.69, 9.17) is 5.11 Å². The normalized spacial score (nSPS) is 19.1. The second kappa shape index (κ2) is 9.79. The van der Waals surface area contributed by atoms with Crippen LogP contribution in [0.4, 0.5) is 4.79 Å². The highest BCUT2D eigenvalue weighted by Crippen LogP contribution is 2.24. The summed E-state index contributed by atoms with van der Waals surface area (Å²) >= 11 is 0. The Bertz CT molecular complexity index is 1200. The van der Waals surface area contributed by atoms with Gasteiger partial charge in [-0.05, 0) is 31.0 Å². The number of rotatable bonds is 7. The van der Waals surface area contributed by atoms with Crippen molar-refractivity contribution in [1.82, 2.24) is 35.7 Å². The monoisotopic (exact) mass is 485 g/mol. The van der Waals surface area contributed by atoms with Gasteiger partial charge in [0.25, 0.3) is 5.91 Å². The summed E-state index contributed by atoms with van der Waals surface area (Å²) in [6.45, 7) is 0.0753. The first-order chi connectivity index (χ1) is 16.8. The van der Waals surface area contributed by atoms with Gasteiger partial charge in [0.2, 0.25) is 11.8 Å². The van der Waals surface area contributed by atoms with E-state index in [0.717, 1.165) is 15.0 Å². The molecule has 0 spiro atoms. The Morgan fingerprint density at radius 1 is 1.26 bits per heavy atom. The van der Waals surface area contributed by atoms with Gasteiger partial charge in [0.1, 0.15) is 12.3 Å². The molecule has 4 rings (SSSR count). The molecule has 3 heterocycles. The summed E-state index contributed by atoms with van der Waals surface area (Å²) in [6.07, 6.45) is 1.66. The highest BCUT2D eigenvalue weighted by Gasteiger charge is 2.44. The Morgan fingerprint density at radius 3 is 2.80 bits per heavy atom. The molecule has 2 unspecified atom stereocenters. The van der Waals surface area contributed by atoms with Crippen LogP contribution in [-0.4, -0.2) is 91.3 Å². The van der Waals surface area contributed by atoms with E-state index in [1.807, 2.05) is 0 Å². The number of aromatic amines is 1. The van der Waals surface area contributed by atoms with Crippen LogP contribution in [0.5, 0.6) is 0 Å². The van der Waals surface area contributed by atoms with Crippen molar-refractivity contribution < 1.29 is 33.9 Å². The van der Waals surface area contributed by atoms with Crippen LogP contribution in [0.25, 0.3) is 11.0 Å². The quantitative estimate of drug-likeness (QED) is 0.374. The van der Waals surface area contributed by atoms with E-state index < -0.39 is 48.2 Å². The number of nitrogens with zero attached hydrogens (tertiary/aromatic N) is 4. The fraction of sp³-hybridized carbons (Fsp3) is 0.381. The molecule has 0 bridgehead atoms. The number of aromatic nitrogens is 2. The molecule has 2 aromatic rings. The number of fused-ring (bicyclic) bond motifs is 2. The van der Waals surface area contributed by atoms with E-state index in [2.05, 4.69) is 20.7 Å². The number of amides is 5. The zero-order chi connectivity index (χ0) is 25.1. The lowest BCUT2D eigenvalue weighted by Crippen LogP contribution is -2.64. The van der Waals surface area contributed by atoms with Crippen LogP contribution in [-0.2, 0) is 19.2 Å². The van der Waals surface area contributed by atoms with Crippen LogP contribution in [0.15, 0.2) is 24.5 Å². The number of urea groups is 1. The lowest BCUT2D eigenvalue weighted by atomic mass is 10.1. The SMILES string of the molecule is O=CC(CC(=O)O)NC(=O)C1CCCN2C(=O)CCN(NC(=O)c3ccc4nc[nH]c4c3)C(=O)N12. The van der Waals surface area contributed by atoms with Crippen LogP contribution in [0, 0.1) is 0 Å². The van der Waals surface area contributed by atoms with Crippen LogP contribution >= 0.6 is 0 Å². The molecule has 0 saturated carbocycles. The third-order valence-corrected chi connectivity index (χ3v) is 5.77. The van der Waals surface area contributed by atoms with Crippen molar-refractivity contribution in [3.63, 3.8) is 0 Å². The smallest absolute Gasteiger partial charge is 0.358 e. The van der Waals surface area contributed by atoms with E-state index in [1.165, 1.54) is 12.4 Å². The fourth-order valence-electron chi connectivity index (χ4n) is 4.08. The van der Waals surface area contributed by atoms with Crippen molar-refractivity contribution >= 4 is 47.0 Å². The number of carbonyl (C=O) groups excluding carboxylic acids is 5. The molecular weight excluding hydrogens is 462 g/mol. The molecule has 14 heteroatoms. The van der Waals surface area contributed by atoms with Crippen molar-refractivity contribution in [3.05, 3.63) is 30.1 Å². The van der Waals surface area contributed by atoms with E-state index in [0.29, 0.717) is 23.7 Å². The summed E-state index contributed by atoms with van der Waals surface area (Å²) in [7, 11) is 0. The molecular formula is C21H23N7O7. The molecule has 35 heavy (non-hydrogen) atoms. The van der Waals surface area contributed by atoms with Crippen molar-refractivity contribution in [2.45, 2.75) is 37.8 Å². The van der Waals surface area contributed by atoms with Crippen molar-refractivity contribution in [2.75, 3.05) is 13.1 Å². The molecule has 0 aliphatic carbocycles. The fourth-order valence-corrected chi connectivity index (χ4v) is 4.08. The van der Waals surface area contributed by atoms with Crippen molar-refractivity contribution in [1.29, 1.82) is 0 Å². The van der Waals surface area contributed by atoms with Gasteiger partial charge in [0.15, 0.2) is 0 Å². The van der Waals surface area contributed by atoms with Crippen LogP contribution < -0.4 is 10.7 Å². The van der Waals surface area contributed by atoms with E-state index >= 15 is 0 Å². The predicted molar refractivity (Wildman–Crippen MR) is 117 cm³/mol. The number of carboxylic acids is 1. The summed E-state index contributed by atoms with van der Waals surface area (Å²) in [5.41, 5.74) is 4.03. The summed E-state index contributed by atoms with van der Waals surface area (Å²) in [5, 5.41) is 14.3. The first kappa shape index (κ1) is 23.7. The van der Waals surface area contributed by atoms with E-state index in [-0.39, 0.29) is 31.5 Å². The minimum absolute atomic E-state index is 0.0909. The van der Waals surface area contributed by atoms with Gasteiger partial charge < -0.3 is 20.2 Å². The van der Waals surface area contributed by atoms with Gasteiger partial charge in [0, 0.05) is 18.5 Å². The topological polar surface area (TPSA) is 185 Å². The lowest BCUT2D eigenvalue weighted by molar-refractivity contribution is -0.155. The number of benzene rings is 1. The second-order valence-corrected chi connectivity index (χ2v) is 8.13. The molecule has 2 aliphatic rings. The first-order valence-corrected chi connectivity index (χ1v) is 10.9. The number of imidazole rings is 1. The van der Waals surface area contributed by atoms with Crippen molar-refractivity contribution in [3.8, 4) is 0 Å². The van der Waals surface area contributed by atoms with E-state index in [1.54, 1.807) is 12.1 Å². The first-order valence-electron chi connectivity index (χ1n) is 10.9. The second-order valence-electron chi connectivity index (χ2n) is 8.13. The molecule has 14 nitrogen and oxygen atoms in total. The summed E-state index contributed by atoms with van der Waals surface area (Å²) in [4.78, 5) is 81.0. The van der Waals surface area contributed by atoms with E-state index in [9.17, 15) is 28.8 Å². The van der Waals surface area contributed by atoms with Crippen LogP contribution in [0.1, 0.15) is 36.0 Å². The number of carboxylic acid groups (broad SMARTS) is 1. The highest BCUT2D eigenvalue weighted by molar-refractivity contribution is 5.99. The molecule has 2 fully saturated rings. The third-order valence-electron chi connectivity index (χ3n) is 5.77. The van der Waals surface area contributed by atoms with Gasteiger partial charge in [0.05, 0.1) is 36.4 Å². The predicted octanol–water partition coefficient (Wildman–Crippen LogP) is -0.600. The molecule has 184 valence electrons. The van der Waals surface area contributed by atoms with Crippen LogP contribution in [0.2, 0.25) is 0 Å². The number of hydrazine groups is 2. The summed E-state index contributed by atoms with van der Waals surface area (Å²) in [5.74, 6) is -3.07. The maximum atomic E-state index is 13.4. The minimum atomic E-state index is -1.29. The molecule has 4 N–H and O–H groups in total. The number of aliphatic carboxylic acids is 1. The average molecular weight is 485 g/mol. The third kappa shape index (κ3) is 4.90. The Balaban J connectivity index is 1.54. The van der Waals surface area contributed by atoms with Gasteiger partial charge in [-0.15, -0.1) is 0 Å². The lowest BCUT2D eigenvalue weighted by Gasteiger charge is -2.42. The van der Waals surface area contributed by atoms with Crippen LogP contribution in [0.3, 0.4) is 0 Å². The molecule has 1 aromatic heterocycles. The van der Waals surface area contributed by atoms with Gasteiger partial charge in [-0.25, -0.2) is 24.8 Å². The van der Waals surface area contributed by atoms with Gasteiger partial charge in [-0.1, -0.05) is 0 Å². The number of H-pyrrole nitrogens is 1. The molecule has 1 aromatic carbocycles. The number of aldehydes is 1. The average Bonchev–Trinajstić information content (AvgIpc) is 3.28. The molecule has 2 saturated heterocycles. The Labute approximate surface area is 198 Å². The highest BCUT2D eigenvalue weighted by atomic mass is 16.4. The summed E-state index contributed by atoms with van der Waals surface area (Å²) < 4.78 is 0. The van der Waals surface area contributed by atoms with Crippen molar-refractivity contribution in [2.24, 2.45) is 0 Å². The van der Waals surface area contributed by atoms with Gasteiger partial charge in [-0.3, -0.25) is 24.6 Å². The molecule has 2 aliphatic heterocycles. The molecule has 2 atom stereocenters. The standard InChI is InChI=1S/C21H23N7O7/c29-10-13(9-18(31)32)24-20(34)16-2-1-6-27-17(30)5-7-26(21(35)28(16)27)25-19(33)12-3-4-14-15(8-12)23-11-22-14/h3-4,8,10-11,13,16H,1-2,5-7,9H2,(H,22,23)(H,24,34)(H,25,33)(H,31,32). The molecule has 5 amide bonds. The largest absolute Gasteiger partial charge is 0.481 e. The Kier molecular flexibility index (Phi) is 6.62. The van der Waals surface area contributed by atoms with Gasteiger partial charge in [-0.2, -0.15) is 0 Å². The van der Waals surface area contributed by atoms with Gasteiger partial charge >= 0.3 is 12.0 Å². The summed E-state index contributed by atoms with van der Waals surface area (Å²) in [6, 6.07) is 1.49. The Hall–Kier alpha value is -4.49. The number of nitrogens with one attached hydrogen (secondary N) is 3. The Morgan fingerprint density at radius 2 is 2.06 bits per heavy atom. The zero-order valence-electron chi connectivity index (χ0n) is 18.5. The number of hydrogen-bond acceptors (Lipinski definition) is 7. The maximum Gasteiger partial charge on any atom is 0.358 e. The zero-order valence-corrected chi connectivity index (χ0v) is 18.5. The minimum Gasteiger partial charge on any atom is -0.481 e. The molecule has 0 radical (unpaired) electrons. The number of hydrogen-bond donors (Lipinski definition) is 4. The number of carbonyl (C=O) groups is 6. The maximum absolute atomic E-state index is 13.4.